The zero-order chi connectivity index (χ0) is 34.8. The third-order valence-electron chi connectivity index (χ3n) is 10.4. The molecule has 9 aromatic rings. The lowest BCUT2D eigenvalue weighted by molar-refractivity contribution is 0.415. The second-order valence-electron chi connectivity index (χ2n) is 13.2. The van der Waals surface area contributed by atoms with Gasteiger partial charge in [-0.1, -0.05) is 127 Å². The van der Waals surface area contributed by atoms with Gasteiger partial charge in [-0.25, -0.2) is 9.97 Å². The van der Waals surface area contributed by atoms with Gasteiger partial charge < -0.3 is 9.47 Å². The average Bonchev–Trinajstić information content (AvgIpc) is 3.54. The van der Waals surface area contributed by atoms with Crippen molar-refractivity contribution in [1.29, 1.82) is 0 Å². The number of ether oxygens (including phenoxy) is 2. The largest absolute Gasteiger partial charge is 0.497 e. The van der Waals surface area contributed by atoms with E-state index in [1.807, 2.05) is 30.3 Å². The van der Waals surface area contributed by atoms with E-state index in [1.54, 1.807) is 14.2 Å². The Morgan fingerprint density at radius 2 is 1.00 bits per heavy atom. The molecule has 246 valence electrons. The summed E-state index contributed by atoms with van der Waals surface area (Å²) in [6.45, 7) is 0. The van der Waals surface area contributed by atoms with E-state index in [0.717, 1.165) is 89.2 Å². The zero-order valence-corrected chi connectivity index (χ0v) is 28.7. The number of rotatable bonds is 6. The highest BCUT2D eigenvalue weighted by atomic mass is 16.5. The lowest BCUT2D eigenvalue weighted by Gasteiger charge is -2.17. The number of hydrogen-bond donors (Lipinski definition) is 0. The topological polar surface area (TPSA) is 44.2 Å². The maximum atomic E-state index is 5.60. The van der Waals surface area contributed by atoms with E-state index in [-0.39, 0.29) is 0 Å². The van der Waals surface area contributed by atoms with Gasteiger partial charge in [0.15, 0.2) is 0 Å². The molecule has 0 amide bonds. The maximum Gasteiger partial charge on any atom is 0.118 e. The van der Waals surface area contributed by atoms with Crippen LogP contribution in [0.5, 0.6) is 11.5 Å². The van der Waals surface area contributed by atoms with Gasteiger partial charge in [0.05, 0.1) is 36.6 Å². The Labute approximate surface area is 301 Å². The Balaban J connectivity index is 1.30. The Morgan fingerprint density at radius 1 is 0.385 bits per heavy atom. The van der Waals surface area contributed by atoms with E-state index in [0.29, 0.717) is 0 Å². The van der Waals surface area contributed by atoms with Crippen molar-refractivity contribution < 1.29 is 9.47 Å². The Hall–Kier alpha value is -6.78. The molecular weight excluding hydrogens is 637 g/mol. The second-order valence-corrected chi connectivity index (χ2v) is 13.2. The first-order chi connectivity index (χ1) is 25.7. The summed E-state index contributed by atoms with van der Waals surface area (Å²) in [5.74, 6) is 1.66. The molecule has 0 unspecified atom stereocenters. The van der Waals surface area contributed by atoms with E-state index in [2.05, 4.69) is 127 Å². The SMILES string of the molecule is COc1ccc(-c2ccc3c4c(cccc24)-c2nc4c(ccc5cc(-c6ccccc6)c(-c6ccccc6)nc54)c(-c4ccc(OC)cc4)c2-3)cc1. The number of pyridine rings is 2. The summed E-state index contributed by atoms with van der Waals surface area (Å²) in [6.07, 6.45) is 0. The number of fused-ring (bicyclic) bond motifs is 6. The lowest BCUT2D eigenvalue weighted by Crippen LogP contribution is -1.97. The van der Waals surface area contributed by atoms with Crippen LogP contribution in [0.4, 0.5) is 0 Å². The fraction of sp³-hybridized carbons (Fsp3) is 0.0417. The number of aromatic nitrogens is 2. The number of methoxy groups -OCH3 is 2. The van der Waals surface area contributed by atoms with E-state index in [1.165, 1.54) is 21.9 Å². The highest BCUT2D eigenvalue weighted by Gasteiger charge is 2.30. The summed E-state index contributed by atoms with van der Waals surface area (Å²) >= 11 is 0. The molecule has 0 radical (unpaired) electrons. The van der Waals surface area contributed by atoms with Crippen LogP contribution in [0, 0.1) is 0 Å². The monoisotopic (exact) mass is 668 g/mol. The van der Waals surface area contributed by atoms with Gasteiger partial charge in [-0.15, -0.1) is 0 Å². The molecule has 52 heavy (non-hydrogen) atoms. The molecule has 7 aromatic carbocycles. The molecule has 1 aliphatic rings. The molecule has 0 bridgehead atoms. The van der Waals surface area contributed by atoms with Crippen LogP contribution in [-0.4, -0.2) is 24.2 Å². The van der Waals surface area contributed by atoms with Gasteiger partial charge in [-0.3, -0.25) is 0 Å². The lowest BCUT2D eigenvalue weighted by atomic mass is 9.89. The highest BCUT2D eigenvalue weighted by Crippen LogP contribution is 2.54. The summed E-state index contributed by atoms with van der Waals surface area (Å²) in [6, 6.07) is 55.5. The van der Waals surface area contributed by atoms with Crippen LogP contribution in [-0.2, 0) is 0 Å². The average molecular weight is 669 g/mol. The van der Waals surface area contributed by atoms with Crippen LogP contribution in [0.15, 0.2) is 158 Å². The van der Waals surface area contributed by atoms with Gasteiger partial charge in [0.2, 0.25) is 0 Å². The van der Waals surface area contributed by atoms with Gasteiger partial charge in [0.1, 0.15) is 11.5 Å². The minimum atomic E-state index is 0.821. The van der Waals surface area contributed by atoms with Crippen molar-refractivity contribution in [2.24, 2.45) is 0 Å². The van der Waals surface area contributed by atoms with Gasteiger partial charge in [-0.05, 0) is 68.9 Å². The van der Waals surface area contributed by atoms with E-state index < -0.39 is 0 Å². The maximum absolute atomic E-state index is 5.60. The molecule has 4 heteroatoms. The first kappa shape index (κ1) is 30.1. The molecule has 0 atom stereocenters. The van der Waals surface area contributed by atoms with E-state index in [9.17, 15) is 0 Å². The first-order valence-electron chi connectivity index (χ1n) is 17.5. The summed E-state index contributed by atoms with van der Waals surface area (Å²) in [7, 11) is 3.41. The van der Waals surface area contributed by atoms with Crippen LogP contribution >= 0.6 is 0 Å². The number of nitrogens with zero attached hydrogens (tertiary/aromatic N) is 2. The molecule has 4 nitrogen and oxygen atoms in total. The standard InChI is InChI=1S/C48H32N2O2/c1-51-34-21-16-30(17-22-34)36-26-27-38-43-37(36)14-9-15-39(43)47-44(38)42(31-18-23-35(52-2)24-19-31)40-25-20-33-28-41(29-10-5-3-6-11-29)45(32-12-7-4-8-13-32)49-46(33)48(40)50-47/h3-28H,1-2H3. The molecule has 0 fully saturated rings. The van der Waals surface area contributed by atoms with Crippen LogP contribution in [0.25, 0.3) is 99.6 Å². The molecule has 0 spiro atoms. The third kappa shape index (κ3) is 4.61. The summed E-state index contributed by atoms with van der Waals surface area (Å²) in [4.78, 5) is 11.1. The second kappa shape index (κ2) is 11.9. The van der Waals surface area contributed by atoms with Crippen molar-refractivity contribution in [2.75, 3.05) is 14.2 Å². The first-order valence-corrected chi connectivity index (χ1v) is 17.5. The molecule has 10 rings (SSSR count). The van der Waals surface area contributed by atoms with E-state index >= 15 is 0 Å². The smallest absolute Gasteiger partial charge is 0.118 e. The predicted octanol–water partition coefficient (Wildman–Crippen LogP) is 12.3. The fourth-order valence-electron chi connectivity index (χ4n) is 7.96. The quantitative estimate of drug-likeness (QED) is 0.165. The van der Waals surface area contributed by atoms with Crippen molar-refractivity contribution in [1.82, 2.24) is 9.97 Å². The Bertz CT molecular complexity index is 2830. The van der Waals surface area contributed by atoms with Gasteiger partial charge in [-0.2, -0.15) is 0 Å². The third-order valence-corrected chi connectivity index (χ3v) is 10.4. The zero-order valence-electron chi connectivity index (χ0n) is 28.7. The van der Waals surface area contributed by atoms with Crippen molar-refractivity contribution in [3.05, 3.63) is 158 Å². The van der Waals surface area contributed by atoms with Crippen molar-refractivity contribution in [2.45, 2.75) is 0 Å². The molecule has 2 aromatic heterocycles. The molecule has 2 heterocycles. The molecule has 0 aliphatic heterocycles. The minimum absolute atomic E-state index is 0.821. The highest BCUT2D eigenvalue weighted by molar-refractivity contribution is 6.24. The molecule has 1 aliphatic carbocycles. The van der Waals surface area contributed by atoms with Gasteiger partial charge in [0, 0.05) is 38.6 Å². The summed E-state index contributed by atoms with van der Waals surface area (Å²) < 4.78 is 11.0. The fourth-order valence-corrected chi connectivity index (χ4v) is 7.96. The van der Waals surface area contributed by atoms with Crippen LogP contribution in [0.3, 0.4) is 0 Å². The van der Waals surface area contributed by atoms with Crippen molar-refractivity contribution in [3.63, 3.8) is 0 Å². The van der Waals surface area contributed by atoms with E-state index in [4.69, 9.17) is 19.4 Å². The molecule has 0 saturated heterocycles. The Kier molecular flexibility index (Phi) is 6.90. The molecule has 0 saturated carbocycles. The van der Waals surface area contributed by atoms with Crippen LogP contribution < -0.4 is 9.47 Å². The van der Waals surface area contributed by atoms with Gasteiger partial charge >= 0.3 is 0 Å². The van der Waals surface area contributed by atoms with Crippen molar-refractivity contribution in [3.8, 4) is 78.5 Å². The Morgan fingerprint density at radius 3 is 1.69 bits per heavy atom. The predicted molar refractivity (Wildman–Crippen MR) is 214 cm³/mol. The number of hydrogen-bond acceptors (Lipinski definition) is 4. The van der Waals surface area contributed by atoms with Crippen molar-refractivity contribution >= 4 is 32.6 Å². The molecular formula is C48H32N2O2. The van der Waals surface area contributed by atoms with Gasteiger partial charge in [0.25, 0.3) is 0 Å². The summed E-state index contributed by atoms with van der Waals surface area (Å²) in [5.41, 5.74) is 15.0. The normalized spacial score (nSPS) is 11.7. The van der Waals surface area contributed by atoms with Crippen LogP contribution in [0.1, 0.15) is 0 Å². The summed E-state index contributed by atoms with van der Waals surface area (Å²) in [5, 5.41) is 4.53. The minimum Gasteiger partial charge on any atom is -0.497 e. The molecule has 0 N–H and O–H groups in total. The number of benzene rings is 7. The van der Waals surface area contributed by atoms with Crippen LogP contribution in [0.2, 0.25) is 0 Å².